The van der Waals surface area contributed by atoms with Crippen LogP contribution in [0.15, 0.2) is 18.2 Å². The van der Waals surface area contributed by atoms with Gasteiger partial charge in [-0.05, 0) is 42.9 Å². The zero-order chi connectivity index (χ0) is 16.6. The summed E-state index contributed by atoms with van der Waals surface area (Å²) in [6.07, 6.45) is 4.64. The van der Waals surface area contributed by atoms with Crippen molar-refractivity contribution < 1.29 is 9.59 Å². The van der Waals surface area contributed by atoms with Crippen molar-refractivity contribution >= 4 is 29.2 Å². The normalized spacial score (nSPS) is 15.4. The van der Waals surface area contributed by atoms with Crippen molar-refractivity contribution in [3.05, 3.63) is 23.8 Å². The summed E-state index contributed by atoms with van der Waals surface area (Å²) in [6.45, 7) is 6.12. The third kappa shape index (κ3) is 3.28. The maximum Gasteiger partial charge on any atom is 0.227 e. The van der Waals surface area contributed by atoms with Crippen LogP contribution in [0.5, 0.6) is 0 Å². The Morgan fingerprint density at radius 3 is 2.70 bits per heavy atom. The second kappa shape index (κ2) is 5.80. The molecule has 2 aromatic rings. The summed E-state index contributed by atoms with van der Waals surface area (Å²) in [5.41, 5.74) is 2.30. The monoisotopic (exact) mass is 313 g/mol. The molecule has 1 heterocycles. The minimum Gasteiger partial charge on any atom is -0.307 e. The number of aldehydes is 1. The van der Waals surface area contributed by atoms with Crippen LogP contribution >= 0.6 is 0 Å². The van der Waals surface area contributed by atoms with Gasteiger partial charge in [-0.1, -0.05) is 20.8 Å². The Hall–Kier alpha value is -2.17. The number of aromatic nitrogens is 2. The number of hydrogen-bond donors (Lipinski definition) is 1. The molecule has 3 rings (SSSR count). The van der Waals surface area contributed by atoms with Crippen LogP contribution in [-0.4, -0.2) is 21.7 Å². The van der Waals surface area contributed by atoms with Gasteiger partial charge in [-0.15, -0.1) is 0 Å². The van der Waals surface area contributed by atoms with Crippen molar-refractivity contribution in [1.82, 2.24) is 9.55 Å². The van der Waals surface area contributed by atoms with Crippen molar-refractivity contribution in [3.63, 3.8) is 0 Å². The van der Waals surface area contributed by atoms with E-state index in [1.165, 1.54) is 6.42 Å². The van der Waals surface area contributed by atoms with E-state index in [1.54, 1.807) is 6.07 Å². The first-order valence-electron chi connectivity index (χ1n) is 8.14. The molecule has 1 aromatic heterocycles. The van der Waals surface area contributed by atoms with Gasteiger partial charge >= 0.3 is 0 Å². The fourth-order valence-corrected chi connectivity index (χ4v) is 2.94. The second-order valence-corrected chi connectivity index (χ2v) is 7.54. The molecule has 0 unspecified atom stereocenters. The Kier molecular flexibility index (Phi) is 3.96. The van der Waals surface area contributed by atoms with E-state index in [0.717, 1.165) is 30.2 Å². The van der Waals surface area contributed by atoms with E-state index in [9.17, 15) is 9.59 Å². The Bertz CT molecular complexity index is 751. The van der Waals surface area contributed by atoms with E-state index in [0.29, 0.717) is 24.0 Å². The summed E-state index contributed by atoms with van der Waals surface area (Å²) in [6, 6.07) is 5.81. The standard InChI is InChI=1S/C18H23N3O2/c1-18(2,3)10-16(23)20-17-19-14-8-7-12(11-22)9-15(14)21(17)13-5-4-6-13/h7-9,11,13H,4-6,10H2,1-3H3,(H,19,20,23). The van der Waals surface area contributed by atoms with Crippen molar-refractivity contribution in [2.45, 2.75) is 52.5 Å². The first kappa shape index (κ1) is 15.7. The number of carbonyl (C=O) groups is 2. The Morgan fingerprint density at radius 2 is 2.13 bits per heavy atom. The summed E-state index contributed by atoms with van der Waals surface area (Å²) in [5.74, 6) is 0.575. The molecule has 1 fully saturated rings. The van der Waals surface area contributed by atoms with Gasteiger partial charge in [0.25, 0.3) is 0 Å². The van der Waals surface area contributed by atoms with Crippen molar-refractivity contribution in [1.29, 1.82) is 0 Å². The lowest BCUT2D eigenvalue weighted by molar-refractivity contribution is -0.117. The van der Waals surface area contributed by atoms with Gasteiger partial charge in [-0.25, -0.2) is 4.98 Å². The highest BCUT2D eigenvalue weighted by Gasteiger charge is 2.26. The molecule has 1 N–H and O–H groups in total. The number of imidazole rings is 1. The summed E-state index contributed by atoms with van der Waals surface area (Å²) < 4.78 is 2.09. The van der Waals surface area contributed by atoms with E-state index < -0.39 is 0 Å². The van der Waals surface area contributed by atoms with Crippen LogP contribution in [0.4, 0.5) is 5.95 Å². The van der Waals surface area contributed by atoms with Gasteiger partial charge in [0.15, 0.2) is 0 Å². The van der Waals surface area contributed by atoms with Crippen molar-refractivity contribution in [2.24, 2.45) is 5.41 Å². The lowest BCUT2D eigenvalue weighted by Gasteiger charge is -2.29. The van der Waals surface area contributed by atoms with Crippen LogP contribution in [0.1, 0.15) is 62.9 Å². The third-order valence-corrected chi connectivity index (χ3v) is 4.23. The van der Waals surface area contributed by atoms with E-state index >= 15 is 0 Å². The molecule has 0 atom stereocenters. The molecule has 23 heavy (non-hydrogen) atoms. The van der Waals surface area contributed by atoms with E-state index in [1.807, 2.05) is 32.9 Å². The van der Waals surface area contributed by atoms with Crippen LogP contribution in [0, 0.1) is 5.41 Å². The lowest BCUT2D eigenvalue weighted by atomic mass is 9.92. The topological polar surface area (TPSA) is 64.0 Å². The number of amides is 1. The molecule has 1 aromatic carbocycles. The van der Waals surface area contributed by atoms with Gasteiger partial charge in [0, 0.05) is 18.0 Å². The van der Waals surface area contributed by atoms with E-state index in [4.69, 9.17) is 0 Å². The average molecular weight is 313 g/mol. The number of hydrogen-bond acceptors (Lipinski definition) is 3. The number of rotatable bonds is 4. The van der Waals surface area contributed by atoms with Crippen molar-refractivity contribution in [2.75, 3.05) is 5.32 Å². The van der Waals surface area contributed by atoms with Crippen LogP contribution in [0.25, 0.3) is 11.0 Å². The zero-order valence-corrected chi connectivity index (χ0v) is 13.9. The van der Waals surface area contributed by atoms with Crippen LogP contribution in [0.3, 0.4) is 0 Å². The Labute approximate surface area is 136 Å². The van der Waals surface area contributed by atoms with E-state index in [-0.39, 0.29) is 11.3 Å². The quantitative estimate of drug-likeness (QED) is 0.869. The van der Waals surface area contributed by atoms with Crippen LogP contribution in [-0.2, 0) is 4.79 Å². The molecule has 0 radical (unpaired) electrons. The summed E-state index contributed by atoms with van der Waals surface area (Å²) in [4.78, 5) is 27.9. The maximum atomic E-state index is 12.3. The molecule has 5 heteroatoms. The summed E-state index contributed by atoms with van der Waals surface area (Å²) in [5, 5.41) is 2.97. The van der Waals surface area contributed by atoms with Gasteiger partial charge in [-0.3, -0.25) is 14.9 Å². The molecule has 0 aliphatic heterocycles. The maximum absolute atomic E-state index is 12.3. The summed E-state index contributed by atoms with van der Waals surface area (Å²) in [7, 11) is 0. The molecule has 0 spiro atoms. The zero-order valence-electron chi connectivity index (χ0n) is 13.9. The number of nitrogens with one attached hydrogen (secondary N) is 1. The first-order chi connectivity index (χ1) is 10.9. The molecule has 1 aliphatic carbocycles. The fraction of sp³-hybridized carbons (Fsp3) is 0.500. The highest BCUT2D eigenvalue weighted by atomic mass is 16.1. The predicted octanol–water partition coefficient (Wildman–Crippen LogP) is 3.95. The minimum atomic E-state index is -0.0674. The molecular weight excluding hydrogens is 290 g/mol. The van der Waals surface area contributed by atoms with Gasteiger partial charge in [0.05, 0.1) is 11.0 Å². The van der Waals surface area contributed by atoms with Crippen molar-refractivity contribution in [3.8, 4) is 0 Å². The average Bonchev–Trinajstić information content (AvgIpc) is 2.72. The number of fused-ring (bicyclic) bond motifs is 1. The predicted molar refractivity (Wildman–Crippen MR) is 90.7 cm³/mol. The molecule has 122 valence electrons. The highest BCUT2D eigenvalue weighted by Crippen LogP contribution is 2.37. The number of carbonyl (C=O) groups excluding carboxylic acids is 2. The smallest absolute Gasteiger partial charge is 0.227 e. The number of nitrogens with zero attached hydrogens (tertiary/aromatic N) is 2. The minimum absolute atomic E-state index is 0.0241. The molecular formula is C18H23N3O2. The molecule has 1 aliphatic rings. The number of anilines is 1. The Morgan fingerprint density at radius 1 is 1.39 bits per heavy atom. The van der Waals surface area contributed by atoms with Crippen LogP contribution < -0.4 is 5.32 Å². The third-order valence-electron chi connectivity index (χ3n) is 4.23. The lowest BCUT2D eigenvalue weighted by Crippen LogP contribution is -2.24. The molecule has 1 saturated carbocycles. The van der Waals surface area contributed by atoms with Gasteiger partial charge in [-0.2, -0.15) is 0 Å². The summed E-state index contributed by atoms with van der Waals surface area (Å²) >= 11 is 0. The largest absolute Gasteiger partial charge is 0.307 e. The SMILES string of the molecule is CC(C)(C)CC(=O)Nc1nc2ccc(C=O)cc2n1C1CCC1. The number of benzene rings is 1. The van der Waals surface area contributed by atoms with Gasteiger partial charge in [0.2, 0.25) is 11.9 Å². The first-order valence-corrected chi connectivity index (χ1v) is 8.14. The molecule has 1 amide bonds. The Balaban J connectivity index is 1.98. The molecule has 0 bridgehead atoms. The van der Waals surface area contributed by atoms with Gasteiger partial charge < -0.3 is 4.57 Å². The second-order valence-electron chi connectivity index (χ2n) is 7.54. The van der Waals surface area contributed by atoms with E-state index in [2.05, 4.69) is 14.9 Å². The van der Waals surface area contributed by atoms with Gasteiger partial charge in [0.1, 0.15) is 6.29 Å². The van der Waals surface area contributed by atoms with Crippen LogP contribution in [0.2, 0.25) is 0 Å². The molecule has 0 saturated heterocycles. The molecule has 5 nitrogen and oxygen atoms in total. The highest BCUT2D eigenvalue weighted by molar-refractivity contribution is 5.93. The fourth-order valence-electron chi connectivity index (χ4n) is 2.94.